The number of pyridine rings is 3. The lowest BCUT2D eigenvalue weighted by Gasteiger charge is -2.26. The first-order valence-corrected chi connectivity index (χ1v) is 15.0. The van der Waals surface area contributed by atoms with E-state index in [2.05, 4.69) is 20.2 Å². The van der Waals surface area contributed by atoms with E-state index in [1.54, 1.807) is 26.6 Å². The summed E-state index contributed by atoms with van der Waals surface area (Å²) in [6.45, 7) is 3.14. The number of anilines is 2. The summed E-state index contributed by atoms with van der Waals surface area (Å²) in [4.78, 5) is 41.3. The minimum absolute atomic E-state index is 0.250. The summed E-state index contributed by atoms with van der Waals surface area (Å²) >= 11 is 0. The molecule has 1 fully saturated rings. The summed E-state index contributed by atoms with van der Waals surface area (Å²) in [5.41, 5.74) is 4.84. The van der Waals surface area contributed by atoms with Crippen LogP contribution in [0, 0.1) is 18.8 Å². The number of rotatable bonds is 11. The van der Waals surface area contributed by atoms with E-state index < -0.39 is 11.8 Å². The molecule has 0 bridgehead atoms. The van der Waals surface area contributed by atoms with Gasteiger partial charge in [-0.25, -0.2) is 9.97 Å². The van der Waals surface area contributed by atoms with Crippen LogP contribution in [0.4, 0.5) is 11.6 Å². The molecule has 0 radical (unpaired) electrons. The predicted octanol–water partition coefficient (Wildman–Crippen LogP) is 5.97. The number of hydrogen-bond donors (Lipinski definition) is 1. The third-order valence-electron chi connectivity index (χ3n) is 8.26. The van der Waals surface area contributed by atoms with Gasteiger partial charge in [-0.15, -0.1) is 0 Å². The Bertz CT molecular complexity index is 1830. The minimum atomic E-state index is -0.420. The maximum Gasteiger partial charge on any atom is 0.309 e. The summed E-state index contributed by atoms with van der Waals surface area (Å²) in [7, 11) is 4.64. The molecule has 0 unspecified atom stereocenters. The van der Waals surface area contributed by atoms with E-state index in [9.17, 15) is 9.59 Å². The number of amides is 1. The number of aromatic nitrogens is 3. The molecule has 0 spiro atoms. The maximum atomic E-state index is 12.9. The number of nitrogens with zero attached hydrogens (tertiary/aromatic N) is 4. The minimum Gasteiger partial charge on any atom is -0.497 e. The molecule has 10 nitrogen and oxygen atoms in total. The second kappa shape index (κ2) is 13.2. The number of nitrogens with one attached hydrogen (secondary N) is 1. The molecule has 0 saturated heterocycles. The van der Waals surface area contributed by atoms with E-state index in [1.165, 1.54) is 7.11 Å². The van der Waals surface area contributed by atoms with Gasteiger partial charge in [0.2, 0.25) is 5.91 Å². The highest BCUT2D eigenvalue weighted by atomic mass is 16.5. The molecule has 3 heterocycles. The lowest BCUT2D eigenvalue weighted by molar-refractivity contribution is -0.143. The van der Waals surface area contributed by atoms with Gasteiger partial charge in [-0.3, -0.25) is 14.6 Å². The maximum absolute atomic E-state index is 12.9. The molecule has 5 aromatic rings. The smallest absolute Gasteiger partial charge is 0.309 e. The average molecular weight is 618 g/mol. The Labute approximate surface area is 267 Å². The summed E-state index contributed by atoms with van der Waals surface area (Å²) in [6.07, 6.45) is 5.79. The topological polar surface area (TPSA) is 116 Å². The number of esters is 1. The van der Waals surface area contributed by atoms with Crippen molar-refractivity contribution >= 4 is 34.3 Å². The van der Waals surface area contributed by atoms with Gasteiger partial charge in [0.1, 0.15) is 23.1 Å². The molecule has 2 aromatic carbocycles. The molecule has 46 heavy (non-hydrogen) atoms. The molecule has 234 valence electrons. The Kier molecular flexibility index (Phi) is 8.78. The second-order valence-electron chi connectivity index (χ2n) is 11.3. The van der Waals surface area contributed by atoms with Crippen molar-refractivity contribution < 1.29 is 23.8 Å². The molecular weight excluding hydrogens is 582 g/mol. The molecule has 6 rings (SSSR count). The van der Waals surface area contributed by atoms with Crippen LogP contribution >= 0.6 is 0 Å². The van der Waals surface area contributed by atoms with Gasteiger partial charge in [-0.2, -0.15) is 0 Å². The zero-order chi connectivity index (χ0) is 32.2. The molecule has 1 amide bonds. The van der Waals surface area contributed by atoms with Gasteiger partial charge in [0, 0.05) is 42.6 Å². The number of methoxy groups -OCH3 is 3. The molecule has 3 aromatic heterocycles. The molecule has 2 atom stereocenters. The van der Waals surface area contributed by atoms with Crippen LogP contribution in [-0.4, -0.2) is 48.2 Å². The molecule has 10 heteroatoms. The highest BCUT2D eigenvalue weighted by Crippen LogP contribution is 2.40. The van der Waals surface area contributed by atoms with Crippen molar-refractivity contribution in [2.45, 2.75) is 26.4 Å². The summed E-state index contributed by atoms with van der Waals surface area (Å²) in [6, 6.07) is 21.8. The first kappa shape index (κ1) is 30.5. The lowest BCUT2D eigenvalue weighted by atomic mass is 10.0. The standard InChI is InChI=1S/C36H35N5O5/c1-22-13-14-37-18-30(22)32-15-25-16-33(40-35(42)28-17-29(28)36(43)46-4)38-19-31(25)34(39-32)41(20-23-5-9-26(44-2)10-6-23)21-24-7-11-27(45-3)12-8-24/h5-16,18-19,28-29H,17,20-21H2,1-4H3,(H,38,40,42)/t28-,29+/m1/s1. The van der Waals surface area contributed by atoms with Gasteiger partial charge >= 0.3 is 5.97 Å². The zero-order valence-electron chi connectivity index (χ0n) is 26.2. The lowest BCUT2D eigenvalue weighted by Crippen LogP contribution is -2.24. The fraction of sp³-hybridized carbons (Fsp3) is 0.250. The first-order chi connectivity index (χ1) is 22.4. The fourth-order valence-electron chi connectivity index (χ4n) is 5.53. The second-order valence-corrected chi connectivity index (χ2v) is 11.3. The van der Waals surface area contributed by atoms with Crippen molar-refractivity contribution in [1.82, 2.24) is 15.0 Å². The van der Waals surface area contributed by atoms with Crippen LogP contribution in [0.5, 0.6) is 11.5 Å². The third kappa shape index (κ3) is 6.61. The summed E-state index contributed by atoms with van der Waals surface area (Å²) in [5.74, 6) is 1.25. The monoisotopic (exact) mass is 617 g/mol. The number of ether oxygens (including phenoxy) is 3. The van der Waals surface area contributed by atoms with Crippen LogP contribution in [0.15, 0.2) is 85.3 Å². The van der Waals surface area contributed by atoms with Crippen molar-refractivity contribution in [2.24, 2.45) is 11.8 Å². The number of fused-ring (bicyclic) bond motifs is 1. The Morgan fingerprint density at radius 2 is 1.52 bits per heavy atom. The van der Waals surface area contributed by atoms with Crippen LogP contribution in [0.2, 0.25) is 0 Å². The van der Waals surface area contributed by atoms with Crippen molar-refractivity contribution in [1.29, 1.82) is 0 Å². The van der Waals surface area contributed by atoms with Gasteiger partial charge in [0.25, 0.3) is 0 Å². The van der Waals surface area contributed by atoms with E-state index in [0.717, 1.165) is 56.0 Å². The van der Waals surface area contributed by atoms with Gasteiger partial charge in [0.15, 0.2) is 0 Å². The van der Waals surface area contributed by atoms with Crippen LogP contribution in [0.25, 0.3) is 22.0 Å². The van der Waals surface area contributed by atoms with Crippen LogP contribution in [-0.2, 0) is 27.4 Å². The zero-order valence-corrected chi connectivity index (χ0v) is 26.2. The van der Waals surface area contributed by atoms with Crippen LogP contribution < -0.4 is 19.7 Å². The quantitative estimate of drug-likeness (QED) is 0.179. The molecule has 1 aliphatic rings. The summed E-state index contributed by atoms with van der Waals surface area (Å²) in [5, 5.41) is 4.57. The fourth-order valence-corrected chi connectivity index (χ4v) is 5.53. The number of carbonyl (C=O) groups excluding carboxylic acids is 2. The van der Waals surface area contributed by atoms with Crippen molar-refractivity contribution in [3.05, 3.63) is 102 Å². The summed E-state index contributed by atoms with van der Waals surface area (Å²) < 4.78 is 15.6. The Hall–Kier alpha value is -5.51. The van der Waals surface area contributed by atoms with Crippen molar-refractivity contribution in [2.75, 3.05) is 31.5 Å². The van der Waals surface area contributed by atoms with E-state index in [1.807, 2.05) is 79.9 Å². The molecule has 1 aliphatic carbocycles. The Balaban J connectivity index is 1.43. The number of aryl methyl sites for hydroxylation is 1. The molecule has 1 saturated carbocycles. The Morgan fingerprint density at radius 1 is 0.870 bits per heavy atom. The molecular formula is C36H35N5O5. The molecule has 0 aliphatic heterocycles. The van der Waals surface area contributed by atoms with Gasteiger partial charge < -0.3 is 24.4 Å². The largest absolute Gasteiger partial charge is 0.497 e. The number of carbonyl (C=O) groups is 2. The van der Waals surface area contributed by atoms with Gasteiger partial charge in [-0.1, -0.05) is 24.3 Å². The normalized spacial score (nSPS) is 15.2. The van der Waals surface area contributed by atoms with Gasteiger partial charge in [-0.05, 0) is 77.9 Å². The number of benzene rings is 2. The van der Waals surface area contributed by atoms with E-state index in [4.69, 9.17) is 19.2 Å². The van der Waals surface area contributed by atoms with Crippen molar-refractivity contribution in [3.8, 4) is 22.8 Å². The van der Waals surface area contributed by atoms with E-state index in [-0.39, 0.29) is 11.9 Å². The number of hydrogen-bond acceptors (Lipinski definition) is 9. The van der Waals surface area contributed by atoms with Gasteiger partial charge in [0.05, 0.1) is 38.9 Å². The van der Waals surface area contributed by atoms with Crippen LogP contribution in [0.1, 0.15) is 23.1 Å². The van der Waals surface area contributed by atoms with Crippen molar-refractivity contribution in [3.63, 3.8) is 0 Å². The predicted molar refractivity (Wildman–Crippen MR) is 176 cm³/mol. The first-order valence-electron chi connectivity index (χ1n) is 15.0. The van der Waals surface area contributed by atoms with Crippen LogP contribution in [0.3, 0.4) is 0 Å². The van der Waals surface area contributed by atoms with E-state index in [0.29, 0.717) is 25.3 Å². The SMILES string of the molecule is COC(=O)[C@H]1C[C@H]1C(=O)Nc1cc2cc(-c3cnccc3C)nc(N(Cc3ccc(OC)cc3)Cc3ccc(OC)cc3)c2cn1. The molecule has 1 N–H and O–H groups in total. The van der Waals surface area contributed by atoms with E-state index >= 15 is 0 Å². The third-order valence-corrected chi connectivity index (χ3v) is 8.26. The average Bonchev–Trinajstić information content (AvgIpc) is 3.89. The Morgan fingerprint density at radius 3 is 2.11 bits per heavy atom. The highest BCUT2D eigenvalue weighted by molar-refractivity contribution is 6.01. The highest BCUT2D eigenvalue weighted by Gasteiger charge is 2.49.